The van der Waals surface area contributed by atoms with Crippen molar-refractivity contribution in [3.05, 3.63) is 0 Å². The molecule has 1 heterocycles. The minimum absolute atomic E-state index is 0.318. The molecule has 1 aliphatic heterocycles. The zero-order valence-corrected chi connectivity index (χ0v) is 10.8. The first-order chi connectivity index (χ1) is 7.50. The molecule has 0 radical (unpaired) electrons. The topological polar surface area (TPSA) is 58.7 Å². The van der Waals surface area contributed by atoms with Crippen LogP contribution in [-0.4, -0.2) is 54.0 Å². The number of nitrogens with two attached hydrogens (primary N) is 1. The highest BCUT2D eigenvalue weighted by Gasteiger charge is 2.30. The van der Waals surface area contributed by atoms with Crippen molar-refractivity contribution < 1.29 is 9.84 Å². The van der Waals surface area contributed by atoms with E-state index in [-0.39, 0.29) is 0 Å². The fourth-order valence-electron chi connectivity index (χ4n) is 2.44. The molecular formula is C12H26N2O2. The zero-order valence-electron chi connectivity index (χ0n) is 10.8. The summed E-state index contributed by atoms with van der Waals surface area (Å²) in [6, 6.07) is 0.838. The second-order valence-corrected chi connectivity index (χ2v) is 5.13. The third-order valence-electron chi connectivity index (χ3n) is 3.49. The van der Waals surface area contributed by atoms with Crippen molar-refractivity contribution >= 4 is 0 Å². The summed E-state index contributed by atoms with van der Waals surface area (Å²) >= 11 is 0. The molecule has 1 rings (SSSR count). The molecule has 0 amide bonds. The van der Waals surface area contributed by atoms with E-state index in [1.807, 2.05) is 6.92 Å². The molecule has 4 nitrogen and oxygen atoms in total. The molecule has 0 saturated carbocycles. The van der Waals surface area contributed by atoms with Crippen LogP contribution in [0.3, 0.4) is 0 Å². The van der Waals surface area contributed by atoms with Crippen LogP contribution in [0.5, 0.6) is 0 Å². The molecular weight excluding hydrogens is 204 g/mol. The van der Waals surface area contributed by atoms with Gasteiger partial charge in [-0.1, -0.05) is 6.92 Å². The van der Waals surface area contributed by atoms with Crippen LogP contribution in [0.4, 0.5) is 0 Å². The Balaban J connectivity index is 2.53. The van der Waals surface area contributed by atoms with E-state index in [1.54, 1.807) is 0 Å². The van der Waals surface area contributed by atoms with E-state index in [0.29, 0.717) is 18.6 Å². The summed E-state index contributed by atoms with van der Waals surface area (Å²) in [4.78, 5) is 2.44. The van der Waals surface area contributed by atoms with Gasteiger partial charge in [-0.15, -0.1) is 0 Å². The zero-order chi connectivity index (χ0) is 12.2. The summed E-state index contributed by atoms with van der Waals surface area (Å²) in [7, 11) is 0. The van der Waals surface area contributed by atoms with Gasteiger partial charge < -0.3 is 15.6 Å². The Morgan fingerprint density at radius 3 is 2.88 bits per heavy atom. The van der Waals surface area contributed by atoms with Crippen LogP contribution in [0, 0.1) is 0 Å². The lowest BCUT2D eigenvalue weighted by Gasteiger charge is -2.41. The average Bonchev–Trinajstić information content (AvgIpc) is 2.28. The SMILES string of the molecule is CCC1COCCN1C(C)CC(C)(O)CN. The number of hydrogen-bond acceptors (Lipinski definition) is 4. The highest BCUT2D eigenvalue weighted by molar-refractivity contribution is 4.85. The van der Waals surface area contributed by atoms with Crippen molar-refractivity contribution in [2.45, 2.75) is 51.3 Å². The van der Waals surface area contributed by atoms with Gasteiger partial charge in [0.2, 0.25) is 0 Å². The molecule has 0 aromatic rings. The number of nitrogens with zero attached hydrogens (tertiary/aromatic N) is 1. The number of hydrogen-bond donors (Lipinski definition) is 2. The predicted octanol–water partition coefficient (Wildman–Crippen LogP) is 0.586. The van der Waals surface area contributed by atoms with Crippen LogP contribution in [0.1, 0.15) is 33.6 Å². The highest BCUT2D eigenvalue weighted by Crippen LogP contribution is 2.20. The first kappa shape index (κ1) is 13.9. The van der Waals surface area contributed by atoms with Crippen molar-refractivity contribution in [1.82, 2.24) is 4.90 Å². The molecule has 3 N–H and O–H groups in total. The van der Waals surface area contributed by atoms with Gasteiger partial charge in [0.1, 0.15) is 0 Å². The third kappa shape index (κ3) is 3.70. The van der Waals surface area contributed by atoms with E-state index in [0.717, 1.165) is 32.6 Å². The molecule has 0 aromatic heterocycles. The fourth-order valence-corrected chi connectivity index (χ4v) is 2.44. The normalized spacial score (nSPS) is 28.7. The smallest absolute Gasteiger partial charge is 0.0756 e. The van der Waals surface area contributed by atoms with Gasteiger partial charge in [0.05, 0.1) is 18.8 Å². The standard InChI is InChI=1S/C12H26N2O2/c1-4-11-8-16-6-5-14(11)10(2)7-12(3,15)9-13/h10-11,15H,4-9,13H2,1-3H3. The molecule has 3 unspecified atom stereocenters. The van der Waals surface area contributed by atoms with Gasteiger partial charge in [0, 0.05) is 25.2 Å². The molecule has 4 heteroatoms. The van der Waals surface area contributed by atoms with Crippen LogP contribution in [0.15, 0.2) is 0 Å². The summed E-state index contributed by atoms with van der Waals surface area (Å²) in [5.74, 6) is 0. The Morgan fingerprint density at radius 2 is 2.31 bits per heavy atom. The lowest BCUT2D eigenvalue weighted by atomic mass is 9.95. The summed E-state index contributed by atoms with van der Waals surface area (Å²) in [6.45, 7) is 9.04. The summed E-state index contributed by atoms with van der Waals surface area (Å²) in [5, 5.41) is 10.0. The van der Waals surface area contributed by atoms with Crippen molar-refractivity contribution in [2.24, 2.45) is 5.73 Å². The van der Waals surface area contributed by atoms with Crippen LogP contribution in [-0.2, 0) is 4.74 Å². The molecule has 0 aromatic carbocycles. The average molecular weight is 230 g/mol. The van der Waals surface area contributed by atoms with Gasteiger partial charge in [0.25, 0.3) is 0 Å². The molecule has 0 aliphatic carbocycles. The Morgan fingerprint density at radius 1 is 1.62 bits per heavy atom. The summed E-state index contributed by atoms with van der Waals surface area (Å²) < 4.78 is 5.48. The van der Waals surface area contributed by atoms with Crippen molar-refractivity contribution in [3.8, 4) is 0 Å². The number of aliphatic hydroxyl groups is 1. The molecule has 1 aliphatic rings. The summed E-state index contributed by atoms with van der Waals surface area (Å²) in [5.41, 5.74) is 4.80. The molecule has 1 fully saturated rings. The van der Waals surface area contributed by atoms with Gasteiger partial charge >= 0.3 is 0 Å². The maximum absolute atomic E-state index is 10.0. The molecule has 0 bridgehead atoms. The highest BCUT2D eigenvalue weighted by atomic mass is 16.5. The Kier molecular flexibility index (Phi) is 5.18. The minimum Gasteiger partial charge on any atom is -0.389 e. The van der Waals surface area contributed by atoms with E-state index in [4.69, 9.17) is 10.5 Å². The molecule has 0 spiro atoms. The molecule has 16 heavy (non-hydrogen) atoms. The van der Waals surface area contributed by atoms with Crippen molar-refractivity contribution in [1.29, 1.82) is 0 Å². The van der Waals surface area contributed by atoms with Crippen LogP contribution in [0.2, 0.25) is 0 Å². The third-order valence-corrected chi connectivity index (χ3v) is 3.49. The van der Waals surface area contributed by atoms with E-state index in [1.165, 1.54) is 0 Å². The molecule has 96 valence electrons. The first-order valence-electron chi connectivity index (χ1n) is 6.26. The molecule has 3 atom stereocenters. The monoisotopic (exact) mass is 230 g/mol. The van der Waals surface area contributed by atoms with Gasteiger partial charge in [0.15, 0.2) is 0 Å². The lowest BCUT2D eigenvalue weighted by molar-refractivity contribution is -0.0472. The van der Waals surface area contributed by atoms with Gasteiger partial charge in [-0.3, -0.25) is 4.90 Å². The van der Waals surface area contributed by atoms with Crippen molar-refractivity contribution in [3.63, 3.8) is 0 Å². The first-order valence-corrected chi connectivity index (χ1v) is 6.26. The fraction of sp³-hybridized carbons (Fsp3) is 1.00. The van der Waals surface area contributed by atoms with Gasteiger partial charge in [-0.05, 0) is 26.7 Å². The van der Waals surface area contributed by atoms with E-state index < -0.39 is 5.60 Å². The van der Waals surface area contributed by atoms with E-state index >= 15 is 0 Å². The van der Waals surface area contributed by atoms with Gasteiger partial charge in [-0.25, -0.2) is 0 Å². The Labute approximate surface area is 98.8 Å². The second-order valence-electron chi connectivity index (χ2n) is 5.13. The van der Waals surface area contributed by atoms with Crippen LogP contribution >= 0.6 is 0 Å². The Hall–Kier alpha value is -0.160. The minimum atomic E-state index is -0.754. The van der Waals surface area contributed by atoms with E-state index in [2.05, 4.69) is 18.7 Å². The van der Waals surface area contributed by atoms with Crippen LogP contribution < -0.4 is 5.73 Å². The van der Waals surface area contributed by atoms with E-state index in [9.17, 15) is 5.11 Å². The maximum Gasteiger partial charge on any atom is 0.0756 e. The number of morpholine rings is 1. The maximum atomic E-state index is 10.0. The molecule has 1 saturated heterocycles. The predicted molar refractivity (Wildman–Crippen MR) is 65.4 cm³/mol. The second kappa shape index (κ2) is 5.96. The number of rotatable bonds is 5. The quantitative estimate of drug-likeness (QED) is 0.725. The lowest BCUT2D eigenvalue weighted by Crippen LogP contribution is -2.52. The summed E-state index contributed by atoms with van der Waals surface area (Å²) in [6.07, 6.45) is 1.81. The Bertz CT molecular complexity index is 209. The number of ether oxygens (including phenoxy) is 1. The van der Waals surface area contributed by atoms with Gasteiger partial charge in [-0.2, -0.15) is 0 Å². The van der Waals surface area contributed by atoms with Crippen molar-refractivity contribution in [2.75, 3.05) is 26.3 Å². The largest absolute Gasteiger partial charge is 0.389 e. The van der Waals surface area contributed by atoms with Crippen LogP contribution in [0.25, 0.3) is 0 Å².